The minimum atomic E-state index is -0.911. The lowest BCUT2D eigenvalue weighted by atomic mass is 9.82. The van der Waals surface area contributed by atoms with Crippen molar-refractivity contribution >= 4 is 17.2 Å². The van der Waals surface area contributed by atoms with E-state index >= 15 is 0 Å². The van der Waals surface area contributed by atoms with Crippen LogP contribution in [0, 0.1) is 10.1 Å². The number of ketones is 1. The zero-order valence-electron chi connectivity index (χ0n) is 15.5. The van der Waals surface area contributed by atoms with Crippen molar-refractivity contribution in [3.63, 3.8) is 0 Å². The van der Waals surface area contributed by atoms with Gasteiger partial charge in [0.1, 0.15) is 0 Å². The highest BCUT2D eigenvalue weighted by molar-refractivity contribution is 6.03. The van der Waals surface area contributed by atoms with Gasteiger partial charge in [0.2, 0.25) is 0 Å². The Bertz CT molecular complexity index is 1060. The molecule has 3 aromatic rings. The molecule has 0 fully saturated rings. The van der Waals surface area contributed by atoms with Gasteiger partial charge in [-0.05, 0) is 23.3 Å². The number of carbonyl (C=O) groups excluding carboxylic acids is 1. The lowest BCUT2D eigenvalue weighted by Crippen LogP contribution is -2.30. The van der Waals surface area contributed by atoms with Crippen LogP contribution in [0.1, 0.15) is 34.3 Å². The molecule has 0 saturated heterocycles. The van der Waals surface area contributed by atoms with Gasteiger partial charge in [0.05, 0.1) is 17.1 Å². The molecule has 1 unspecified atom stereocenters. The fourth-order valence-electron chi connectivity index (χ4n) is 3.49. The van der Waals surface area contributed by atoms with Crippen molar-refractivity contribution in [1.29, 1.82) is 0 Å². The van der Waals surface area contributed by atoms with E-state index in [2.05, 4.69) is 5.16 Å². The monoisotopic (exact) mass is 386 g/mol. The topological polar surface area (TPSA) is 81.8 Å². The number of nitro benzene ring substituents is 1. The third kappa shape index (κ3) is 3.78. The Morgan fingerprint density at radius 2 is 1.59 bits per heavy atom. The zero-order valence-corrected chi connectivity index (χ0v) is 15.5. The third-order valence-corrected chi connectivity index (χ3v) is 5.04. The number of hydrogen-bond donors (Lipinski definition) is 0. The molecule has 6 nitrogen and oxygen atoms in total. The van der Waals surface area contributed by atoms with Crippen LogP contribution in [0.4, 0.5) is 5.69 Å². The molecule has 0 amide bonds. The smallest absolute Gasteiger partial charge is 0.269 e. The standard InChI is InChI=1S/C23H18N2O4/c26-22(18-7-3-1-4-8-18)16-23(19-9-5-2-6-10-19)15-21(24-29-23)17-11-13-20(14-12-17)25(27)28/h1-14H,15-16H2. The van der Waals surface area contributed by atoms with Gasteiger partial charge in [-0.2, -0.15) is 0 Å². The second-order valence-corrected chi connectivity index (χ2v) is 6.94. The molecular formula is C23H18N2O4. The Morgan fingerprint density at radius 1 is 0.966 bits per heavy atom. The third-order valence-electron chi connectivity index (χ3n) is 5.04. The summed E-state index contributed by atoms with van der Waals surface area (Å²) in [5.41, 5.74) is 1.98. The molecule has 0 spiro atoms. The number of Topliss-reactive ketones (excluding diaryl/α,β-unsaturated/α-hetero) is 1. The van der Waals surface area contributed by atoms with Gasteiger partial charge in [0.15, 0.2) is 11.4 Å². The summed E-state index contributed by atoms with van der Waals surface area (Å²) in [5, 5.41) is 15.1. The number of benzene rings is 3. The van der Waals surface area contributed by atoms with Crippen LogP contribution in [0.25, 0.3) is 0 Å². The fraction of sp³-hybridized carbons (Fsp3) is 0.130. The minimum absolute atomic E-state index is 0.0156. The molecule has 1 heterocycles. The summed E-state index contributed by atoms with van der Waals surface area (Å²) in [6.45, 7) is 0. The zero-order chi connectivity index (χ0) is 20.3. The van der Waals surface area contributed by atoms with Crippen LogP contribution in [0.2, 0.25) is 0 Å². The maximum absolute atomic E-state index is 12.9. The first-order chi connectivity index (χ1) is 14.1. The molecule has 0 aromatic heterocycles. The summed E-state index contributed by atoms with van der Waals surface area (Å²) < 4.78 is 0. The van der Waals surface area contributed by atoms with Crippen LogP contribution < -0.4 is 0 Å². The normalized spacial score (nSPS) is 18.0. The van der Waals surface area contributed by atoms with E-state index in [1.54, 1.807) is 24.3 Å². The number of hydrogen-bond acceptors (Lipinski definition) is 5. The van der Waals surface area contributed by atoms with Crippen LogP contribution >= 0.6 is 0 Å². The number of nitro groups is 1. The number of oxime groups is 1. The van der Waals surface area contributed by atoms with Crippen molar-refractivity contribution in [2.45, 2.75) is 18.4 Å². The van der Waals surface area contributed by atoms with Crippen molar-refractivity contribution in [2.75, 3.05) is 0 Å². The van der Waals surface area contributed by atoms with Gasteiger partial charge in [-0.1, -0.05) is 65.8 Å². The highest BCUT2D eigenvalue weighted by Gasteiger charge is 2.43. The first kappa shape index (κ1) is 18.6. The van der Waals surface area contributed by atoms with Crippen LogP contribution in [-0.4, -0.2) is 16.4 Å². The molecule has 6 heteroatoms. The quantitative estimate of drug-likeness (QED) is 0.343. The van der Waals surface area contributed by atoms with Gasteiger partial charge in [-0.15, -0.1) is 0 Å². The Labute approximate surface area is 167 Å². The van der Waals surface area contributed by atoms with Crippen molar-refractivity contribution < 1.29 is 14.6 Å². The average molecular weight is 386 g/mol. The summed E-state index contributed by atoms with van der Waals surface area (Å²) in [6.07, 6.45) is 0.536. The molecule has 0 bridgehead atoms. The number of rotatable bonds is 6. The van der Waals surface area contributed by atoms with Gasteiger partial charge in [0.25, 0.3) is 5.69 Å². The molecular weight excluding hydrogens is 368 g/mol. The van der Waals surface area contributed by atoms with E-state index in [9.17, 15) is 14.9 Å². The van der Waals surface area contributed by atoms with Gasteiger partial charge in [-0.25, -0.2) is 0 Å². The molecule has 0 aliphatic carbocycles. The van der Waals surface area contributed by atoms with Crippen LogP contribution in [-0.2, 0) is 10.4 Å². The Hall–Kier alpha value is -3.80. The van der Waals surface area contributed by atoms with E-state index < -0.39 is 10.5 Å². The van der Waals surface area contributed by atoms with E-state index in [4.69, 9.17) is 4.84 Å². The van der Waals surface area contributed by atoms with Crippen LogP contribution in [0.15, 0.2) is 90.1 Å². The Morgan fingerprint density at radius 3 is 2.21 bits per heavy atom. The number of nitrogens with zero attached hydrogens (tertiary/aromatic N) is 2. The first-order valence-electron chi connectivity index (χ1n) is 9.21. The summed E-state index contributed by atoms with van der Waals surface area (Å²) in [4.78, 5) is 29.3. The fourth-order valence-corrected chi connectivity index (χ4v) is 3.49. The molecule has 0 saturated carbocycles. The average Bonchev–Trinajstić information content (AvgIpc) is 3.20. The minimum Gasteiger partial charge on any atom is -0.383 e. The lowest BCUT2D eigenvalue weighted by Gasteiger charge is -2.26. The van der Waals surface area contributed by atoms with Crippen molar-refractivity contribution in [1.82, 2.24) is 0 Å². The van der Waals surface area contributed by atoms with Crippen molar-refractivity contribution in [3.8, 4) is 0 Å². The molecule has 1 atom stereocenters. The molecule has 1 aliphatic rings. The first-order valence-corrected chi connectivity index (χ1v) is 9.21. The SMILES string of the molecule is O=C(CC1(c2ccccc2)CC(c2ccc([N+](=O)[O-])cc2)=NO1)c1ccccc1. The van der Waals surface area contributed by atoms with E-state index in [1.807, 2.05) is 48.5 Å². The van der Waals surface area contributed by atoms with Crippen molar-refractivity contribution in [3.05, 3.63) is 112 Å². The highest BCUT2D eigenvalue weighted by Crippen LogP contribution is 2.40. The summed E-state index contributed by atoms with van der Waals surface area (Å²) in [5.74, 6) is -0.0328. The second kappa shape index (κ2) is 7.67. The molecule has 1 aliphatic heterocycles. The molecule has 0 radical (unpaired) electrons. The van der Waals surface area contributed by atoms with Gasteiger partial charge in [0, 0.05) is 24.1 Å². The van der Waals surface area contributed by atoms with Crippen LogP contribution in [0.5, 0.6) is 0 Å². The van der Waals surface area contributed by atoms with E-state index in [-0.39, 0.29) is 17.9 Å². The number of carbonyl (C=O) groups is 1. The van der Waals surface area contributed by atoms with E-state index in [1.165, 1.54) is 12.1 Å². The van der Waals surface area contributed by atoms with Gasteiger partial charge in [-0.3, -0.25) is 14.9 Å². The van der Waals surface area contributed by atoms with Gasteiger partial charge >= 0.3 is 0 Å². The Kier molecular flexibility index (Phi) is 4.91. The van der Waals surface area contributed by atoms with Crippen LogP contribution in [0.3, 0.4) is 0 Å². The Balaban J connectivity index is 1.63. The molecule has 29 heavy (non-hydrogen) atoms. The summed E-state index contributed by atoms with van der Waals surface area (Å²) in [6, 6.07) is 24.8. The number of non-ortho nitro benzene ring substituents is 1. The maximum Gasteiger partial charge on any atom is 0.269 e. The largest absolute Gasteiger partial charge is 0.383 e. The summed E-state index contributed by atoms with van der Waals surface area (Å²) in [7, 11) is 0. The molecule has 0 N–H and O–H groups in total. The predicted molar refractivity (Wildman–Crippen MR) is 109 cm³/mol. The molecule has 144 valence electrons. The molecule has 3 aromatic carbocycles. The molecule has 4 rings (SSSR count). The van der Waals surface area contributed by atoms with E-state index in [0.717, 1.165) is 11.1 Å². The maximum atomic E-state index is 12.9. The summed E-state index contributed by atoms with van der Waals surface area (Å²) >= 11 is 0. The highest BCUT2D eigenvalue weighted by atomic mass is 16.7. The lowest BCUT2D eigenvalue weighted by molar-refractivity contribution is -0.384. The van der Waals surface area contributed by atoms with E-state index in [0.29, 0.717) is 17.7 Å². The van der Waals surface area contributed by atoms with Gasteiger partial charge < -0.3 is 4.84 Å². The predicted octanol–water partition coefficient (Wildman–Crippen LogP) is 4.89. The van der Waals surface area contributed by atoms with Crippen molar-refractivity contribution in [2.24, 2.45) is 5.16 Å². The second-order valence-electron chi connectivity index (χ2n) is 6.94.